The second-order valence-electron chi connectivity index (χ2n) is 7.40. The molecule has 2 amide bonds. The van der Waals surface area contributed by atoms with Crippen molar-refractivity contribution in [1.82, 2.24) is 9.80 Å². The van der Waals surface area contributed by atoms with Gasteiger partial charge in [0, 0.05) is 33.1 Å². The van der Waals surface area contributed by atoms with Crippen LogP contribution in [0.4, 0.5) is 0 Å². The molecule has 1 saturated heterocycles. The van der Waals surface area contributed by atoms with E-state index in [1.54, 1.807) is 19.0 Å². The Morgan fingerprint density at radius 1 is 0.964 bits per heavy atom. The fraction of sp³-hybridized carbons (Fsp3) is 0.391. The molecule has 0 radical (unpaired) electrons. The molecule has 1 fully saturated rings. The average Bonchev–Trinajstić information content (AvgIpc) is 2.75. The van der Waals surface area contributed by atoms with Crippen LogP contribution < -0.4 is 0 Å². The summed E-state index contributed by atoms with van der Waals surface area (Å²) in [5.74, 6) is 0.144. The summed E-state index contributed by atoms with van der Waals surface area (Å²) in [6.07, 6.45) is 1.15. The number of likely N-dealkylation sites (tertiary alicyclic amines) is 1. The Balaban J connectivity index is 1.60. The quantitative estimate of drug-likeness (QED) is 0.774. The molecule has 0 unspecified atom stereocenters. The maximum absolute atomic E-state index is 12.7. The van der Waals surface area contributed by atoms with Crippen LogP contribution in [0, 0.1) is 5.92 Å². The van der Waals surface area contributed by atoms with Gasteiger partial charge >= 0.3 is 0 Å². The minimum atomic E-state index is -0.279. The molecule has 0 saturated carbocycles. The highest BCUT2D eigenvalue weighted by molar-refractivity contribution is 5.80. The van der Waals surface area contributed by atoms with Gasteiger partial charge in [-0.3, -0.25) is 9.59 Å². The standard InChI is InChI=1S/C23H28N2O3/c1-24(2)23(27)20-13-15-25(16-14-20)21(26)17-28-22(18-9-5-3-6-10-18)19-11-7-4-8-12-19/h3-12,20,22H,13-17H2,1-2H3. The van der Waals surface area contributed by atoms with E-state index in [1.807, 2.05) is 65.6 Å². The number of piperidine rings is 1. The summed E-state index contributed by atoms with van der Waals surface area (Å²) in [5, 5.41) is 0. The molecule has 1 aliphatic heterocycles. The molecule has 1 aliphatic rings. The van der Waals surface area contributed by atoms with Crippen LogP contribution in [0.3, 0.4) is 0 Å². The van der Waals surface area contributed by atoms with Crippen molar-refractivity contribution in [1.29, 1.82) is 0 Å². The van der Waals surface area contributed by atoms with Crippen LogP contribution in [-0.4, -0.2) is 55.4 Å². The summed E-state index contributed by atoms with van der Waals surface area (Å²) in [6.45, 7) is 1.24. The van der Waals surface area contributed by atoms with Crippen LogP contribution in [-0.2, 0) is 14.3 Å². The molecule has 0 N–H and O–H groups in total. The fourth-order valence-corrected chi connectivity index (χ4v) is 3.63. The molecular weight excluding hydrogens is 352 g/mol. The Bertz CT molecular complexity index is 729. The lowest BCUT2D eigenvalue weighted by Gasteiger charge is -2.32. The molecule has 1 heterocycles. The van der Waals surface area contributed by atoms with Crippen molar-refractivity contribution >= 4 is 11.8 Å². The first-order valence-corrected chi connectivity index (χ1v) is 9.76. The zero-order valence-electron chi connectivity index (χ0n) is 16.6. The summed E-state index contributed by atoms with van der Waals surface area (Å²) in [4.78, 5) is 28.2. The third-order valence-corrected chi connectivity index (χ3v) is 5.22. The van der Waals surface area contributed by atoms with Crippen molar-refractivity contribution in [2.45, 2.75) is 18.9 Å². The minimum Gasteiger partial charge on any atom is -0.359 e. The molecule has 5 heteroatoms. The number of carbonyl (C=O) groups excluding carboxylic acids is 2. The molecule has 0 atom stereocenters. The zero-order chi connectivity index (χ0) is 19.9. The van der Waals surface area contributed by atoms with Crippen molar-refractivity contribution in [3.63, 3.8) is 0 Å². The lowest BCUT2D eigenvalue weighted by Crippen LogP contribution is -2.44. The highest BCUT2D eigenvalue weighted by Crippen LogP contribution is 2.26. The van der Waals surface area contributed by atoms with Gasteiger partial charge in [0.25, 0.3) is 0 Å². The number of carbonyl (C=O) groups is 2. The van der Waals surface area contributed by atoms with Crippen molar-refractivity contribution in [2.75, 3.05) is 33.8 Å². The van der Waals surface area contributed by atoms with E-state index < -0.39 is 0 Å². The minimum absolute atomic E-state index is 0.0151. The van der Waals surface area contributed by atoms with Crippen LogP contribution in [0.1, 0.15) is 30.1 Å². The van der Waals surface area contributed by atoms with Crippen LogP contribution >= 0.6 is 0 Å². The Labute approximate surface area is 166 Å². The first kappa shape index (κ1) is 20.1. The van der Waals surface area contributed by atoms with Gasteiger partial charge in [-0.25, -0.2) is 0 Å². The molecule has 0 bridgehead atoms. The second kappa shape index (κ2) is 9.51. The summed E-state index contributed by atoms with van der Waals surface area (Å²) in [6, 6.07) is 19.9. The first-order valence-electron chi connectivity index (χ1n) is 9.76. The van der Waals surface area contributed by atoms with Gasteiger partial charge in [0.15, 0.2) is 0 Å². The van der Waals surface area contributed by atoms with E-state index >= 15 is 0 Å². The van der Waals surface area contributed by atoms with Crippen LogP contribution in [0.5, 0.6) is 0 Å². The molecule has 2 aromatic carbocycles. The van der Waals surface area contributed by atoms with Gasteiger partial charge in [-0.1, -0.05) is 60.7 Å². The molecule has 0 aliphatic carbocycles. The Kier molecular flexibility index (Phi) is 6.82. The van der Waals surface area contributed by atoms with E-state index in [9.17, 15) is 9.59 Å². The molecule has 3 rings (SSSR count). The predicted octanol–water partition coefficient (Wildman–Crippen LogP) is 3.12. The number of hydrogen-bond acceptors (Lipinski definition) is 3. The Hall–Kier alpha value is -2.66. The number of amides is 2. The van der Waals surface area contributed by atoms with Crippen molar-refractivity contribution < 1.29 is 14.3 Å². The monoisotopic (exact) mass is 380 g/mol. The lowest BCUT2D eigenvalue weighted by atomic mass is 9.95. The van der Waals surface area contributed by atoms with E-state index in [0.717, 1.165) is 11.1 Å². The largest absolute Gasteiger partial charge is 0.359 e. The zero-order valence-corrected chi connectivity index (χ0v) is 16.6. The van der Waals surface area contributed by atoms with Crippen molar-refractivity contribution in [3.05, 3.63) is 71.8 Å². The summed E-state index contributed by atoms with van der Waals surface area (Å²) in [7, 11) is 3.56. The third kappa shape index (κ3) is 4.98. The van der Waals surface area contributed by atoms with E-state index in [-0.39, 0.29) is 30.4 Å². The van der Waals surface area contributed by atoms with Gasteiger partial charge in [0.05, 0.1) is 0 Å². The molecule has 2 aromatic rings. The average molecular weight is 380 g/mol. The SMILES string of the molecule is CN(C)C(=O)C1CCN(C(=O)COC(c2ccccc2)c2ccccc2)CC1. The molecule has 5 nitrogen and oxygen atoms in total. The fourth-order valence-electron chi connectivity index (χ4n) is 3.63. The molecular formula is C23H28N2O3. The normalized spacial score (nSPS) is 14.9. The van der Waals surface area contributed by atoms with Gasteiger partial charge < -0.3 is 14.5 Å². The third-order valence-electron chi connectivity index (χ3n) is 5.22. The molecule has 28 heavy (non-hydrogen) atoms. The van der Waals surface area contributed by atoms with Gasteiger partial charge in [-0.15, -0.1) is 0 Å². The molecule has 148 valence electrons. The lowest BCUT2D eigenvalue weighted by molar-refractivity contribution is -0.142. The number of rotatable bonds is 6. The van der Waals surface area contributed by atoms with Crippen LogP contribution in [0.25, 0.3) is 0 Å². The number of ether oxygens (including phenoxy) is 1. The number of benzene rings is 2. The number of nitrogens with zero attached hydrogens (tertiary/aromatic N) is 2. The Morgan fingerprint density at radius 3 is 1.93 bits per heavy atom. The summed E-state index contributed by atoms with van der Waals surface area (Å²) < 4.78 is 6.08. The van der Waals surface area contributed by atoms with E-state index in [1.165, 1.54) is 0 Å². The van der Waals surface area contributed by atoms with E-state index in [4.69, 9.17) is 4.74 Å². The highest BCUT2D eigenvalue weighted by Gasteiger charge is 2.28. The summed E-state index contributed by atoms with van der Waals surface area (Å²) >= 11 is 0. The van der Waals surface area contributed by atoms with Crippen molar-refractivity contribution in [2.24, 2.45) is 5.92 Å². The van der Waals surface area contributed by atoms with E-state index in [0.29, 0.717) is 25.9 Å². The van der Waals surface area contributed by atoms with Gasteiger partial charge in [-0.2, -0.15) is 0 Å². The topological polar surface area (TPSA) is 49.9 Å². The maximum atomic E-state index is 12.7. The van der Waals surface area contributed by atoms with Gasteiger partial charge in [0.2, 0.25) is 11.8 Å². The smallest absolute Gasteiger partial charge is 0.248 e. The van der Waals surface area contributed by atoms with Crippen LogP contribution in [0.15, 0.2) is 60.7 Å². The highest BCUT2D eigenvalue weighted by atomic mass is 16.5. The predicted molar refractivity (Wildman–Crippen MR) is 109 cm³/mol. The number of hydrogen-bond donors (Lipinski definition) is 0. The second-order valence-corrected chi connectivity index (χ2v) is 7.40. The van der Waals surface area contributed by atoms with Gasteiger partial charge in [0.1, 0.15) is 12.7 Å². The van der Waals surface area contributed by atoms with Crippen LogP contribution in [0.2, 0.25) is 0 Å². The van der Waals surface area contributed by atoms with Gasteiger partial charge in [-0.05, 0) is 24.0 Å². The van der Waals surface area contributed by atoms with E-state index in [2.05, 4.69) is 0 Å². The first-order chi connectivity index (χ1) is 13.6. The summed E-state index contributed by atoms with van der Waals surface area (Å²) in [5.41, 5.74) is 2.05. The maximum Gasteiger partial charge on any atom is 0.248 e. The molecule has 0 aromatic heterocycles. The van der Waals surface area contributed by atoms with Crippen molar-refractivity contribution in [3.8, 4) is 0 Å². The molecule has 0 spiro atoms. The Morgan fingerprint density at radius 2 is 1.46 bits per heavy atom.